The molecule has 162 valence electrons. The fourth-order valence-corrected chi connectivity index (χ4v) is 4.75. The molecule has 0 spiro atoms. The van der Waals surface area contributed by atoms with E-state index in [1.165, 1.54) is 7.11 Å². The van der Waals surface area contributed by atoms with Crippen LogP contribution in [0.3, 0.4) is 0 Å². The van der Waals surface area contributed by atoms with Crippen LogP contribution in [0.25, 0.3) is 0 Å². The molecule has 0 bridgehead atoms. The molecule has 1 heterocycles. The van der Waals surface area contributed by atoms with E-state index in [4.69, 9.17) is 4.74 Å². The monoisotopic (exact) mass is 439 g/mol. The van der Waals surface area contributed by atoms with Crippen LogP contribution in [0.5, 0.6) is 5.75 Å². The van der Waals surface area contributed by atoms with E-state index in [0.29, 0.717) is 17.5 Å². The second kappa shape index (κ2) is 9.07. The lowest BCUT2D eigenvalue weighted by atomic mass is 10.2. The third-order valence-electron chi connectivity index (χ3n) is 4.84. The summed E-state index contributed by atoms with van der Waals surface area (Å²) in [5.41, 5.74) is 1.53. The van der Waals surface area contributed by atoms with Crippen LogP contribution in [0.15, 0.2) is 41.3 Å². The first-order valence-electron chi connectivity index (χ1n) is 9.33. The number of nitrogens with zero attached hydrogens (tertiary/aromatic N) is 2. The van der Waals surface area contributed by atoms with E-state index in [2.05, 4.69) is 5.32 Å². The predicted octanol–water partition coefficient (Wildman–Crippen LogP) is 2.23. The van der Waals surface area contributed by atoms with E-state index in [1.54, 1.807) is 17.0 Å². The average molecular weight is 439 g/mol. The highest BCUT2D eigenvalue weighted by Gasteiger charge is 2.31. The summed E-state index contributed by atoms with van der Waals surface area (Å²) < 4.78 is 58.9. The molecule has 1 aliphatic rings. The quantitative estimate of drug-likeness (QED) is 0.747. The molecule has 1 saturated heterocycles. The number of carbonyl (C=O) groups excluding carboxylic acids is 1. The summed E-state index contributed by atoms with van der Waals surface area (Å²) in [7, 11) is -2.64. The summed E-state index contributed by atoms with van der Waals surface area (Å²) in [4.78, 5) is 13.5. The number of amides is 1. The van der Waals surface area contributed by atoms with Gasteiger partial charge in [-0.1, -0.05) is 6.07 Å². The van der Waals surface area contributed by atoms with Crippen molar-refractivity contribution in [1.29, 1.82) is 0 Å². The zero-order chi connectivity index (χ0) is 21.9. The molecule has 1 N–H and O–H groups in total. The van der Waals surface area contributed by atoms with Crippen LogP contribution in [-0.2, 0) is 14.8 Å². The van der Waals surface area contributed by atoms with Gasteiger partial charge in [0.25, 0.3) is 0 Å². The van der Waals surface area contributed by atoms with E-state index >= 15 is 0 Å². The van der Waals surface area contributed by atoms with Crippen molar-refractivity contribution in [2.75, 3.05) is 45.2 Å². The molecular formula is C20H23F2N3O4S. The minimum Gasteiger partial charge on any atom is -0.495 e. The molecule has 7 nitrogen and oxygen atoms in total. The SMILES string of the molecule is COc1ccc(C)cc1NC(=O)CN1CCN(S(=O)(=O)c2cc(F)ccc2F)CC1. The number of sulfonamides is 1. The molecule has 0 aromatic heterocycles. The van der Waals surface area contributed by atoms with E-state index in [9.17, 15) is 22.0 Å². The number of carbonyl (C=O) groups is 1. The zero-order valence-electron chi connectivity index (χ0n) is 16.7. The molecule has 2 aromatic rings. The molecule has 10 heteroatoms. The van der Waals surface area contributed by atoms with Crippen LogP contribution in [0.1, 0.15) is 5.56 Å². The molecule has 2 aromatic carbocycles. The smallest absolute Gasteiger partial charge is 0.246 e. The fraction of sp³-hybridized carbons (Fsp3) is 0.350. The van der Waals surface area contributed by atoms with Gasteiger partial charge in [0.15, 0.2) is 0 Å². The number of hydrogen-bond acceptors (Lipinski definition) is 5. The van der Waals surface area contributed by atoms with E-state index in [0.717, 1.165) is 22.0 Å². The number of methoxy groups -OCH3 is 1. The Labute approximate surface area is 174 Å². The van der Waals surface area contributed by atoms with Crippen molar-refractivity contribution in [1.82, 2.24) is 9.21 Å². The number of hydrogen-bond donors (Lipinski definition) is 1. The third-order valence-corrected chi connectivity index (χ3v) is 6.75. The van der Waals surface area contributed by atoms with Crippen LogP contribution < -0.4 is 10.1 Å². The van der Waals surface area contributed by atoms with Crippen molar-refractivity contribution in [2.24, 2.45) is 0 Å². The first kappa shape index (κ1) is 22.1. The van der Waals surface area contributed by atoms with Crippen molar-refractivity contribution in [3.8, 4) is 5.75 Å². The van der Waals surface area contributed by atoms with Gasteiger partial charge in [-0.05, 0) is 42.8 Å². The largest absolute Gasteiger partial charge is 0.495 e. The molecule has 30 heavy (non-hydrogen) atoms. The molecule has 0 aliphatic carbocycles. The average Bonchev–Trinajstić information content (AvgIpc) is 2.70. The maximum atomic E-state index is 13.9. The Morgan fingerprint density at radius 1 is 1.10 bits per heavy atom. The molecule has 1 fully saturated rings. The molecule has 3 rings (SSSR count). The highest BCUT2D eigenvalue weighted by molar-refractivity contribution is 7.89. The normalized spacial score (nSPS) is 15.7. The Morgan fingerprint density at radius 2 is 1.80 bits per heavy atom. The zero-order valence-corrected chi connectivity index (χ0v) is 17.5. The summed E-state index contributed by atoms with van der Waals surface area (Å²) in [5, 5.41) is 2.80. The topological polar surface area (TPSA) is 79.0 Å². The Morgan fingerprint density at radius 3 is 2.47 bits per heavy atom. The minimum absolute atomic E-state index is 0.0688. The Balaban J connectivity index is 1.60. The van der Waals surface area contributed by atoms with Gasteiger partial charge < -0.3 is 10.1 Å². The molecule has 0 unspecified atom stereocenters. The Bertz CT molecular complexity index is 1040. The first-order valence-corrected chi connectivity index (χ1v) is 10.8. The van der Waals surface area contributed by atoms with Gasteiger partial charge in [-0.3, -0.25) is 9.69 Å². The van der Waals surface area contributed by atoms with Crippen molar-refractivity contribution < 1.29 is 26.7 Å². The Kier molecular flexibility index (Phi) is 6.69. The lowest BCUT2D eigenvalue weighted by molar-refractivity contribution is -0.117. The highest BCUT2D eigenvalue weighted by Crippen LogP contribution is 2.25. The molecule has 0 atom stereocenters. The first-order chi connectivity index (χ1) is 14.2. The van der Waals surface area contributed by atoms with Crippen LogP contribution in [0.4, 0.5) is 14.5 Å². The van der Waals surface area contributed by atoms with Crippen LogP contribution >= 0.6 is 0 Å². The summed E-state index contributed by atoms with van der Waals surface area (Å²) >= 11 is 0. The summed E-state index contributed by atoms with van der Waals surface area (Å²) in [6, 6.07) is 7.78. The number of halogens is 2. The number of rotatable bonds is 6. The maximum Gasteiger partial charge on any atom is 0.246 e. The molecular weight excluding hydrogens is 416 g/mol. The number of benzene rings is 2. The van der Waals surface area contributed by atoms with Crippen molar-refractivity contribution >= 4 is 21.6 Å². The van der Waals surface area contributed by atoms with E-state index in [-0.39, 0.29) is 38.6 Å². The van der Waals surface area contributed by atoms with Gasteiger partial charge in [0.1, 0.15) is 22.3 Å². The highest BCUT2D eigenvalue weighted by atomic mass is 32.2. The molecule has 0 radical (unpaired) electrons. The van der Waals surface area contributed by atoms with Crippen LogP contribution in [-0.4, -0.2) is 63.4 Å². The van der Waals surface area contributed by atoms with E-state index < -0.39 is 26.6 Å². The van der Waals surface area contributed by atoms with Gasteiger partial charge in [-0.15, -0.1) is 0 Å². The minimum atomic E-state index is -4.15. The van der Waals surface area contributed by atoms with Gasteiger partial charge in [-0.2, -0.15) is 4.31 Å². The third kappa shape index (κ3) is 4.94. The number of nitrogens with one attached hydrogen (secondary N) is 1. The summed E-state index contributed by atoms with van der Waals surface area (Å²) in [6.07, 6.45) is 0. The van der Waals surface area contributed by atoms with Gasteiger partial charge in [0, 0.05) is 26.2 Å². The standard InChI is InChI=1S/C20H23F2N3O4S/c1-14-3-6-18(29-2)17(11-14)23-20(26)13-24-7-9-25(10-8-24)30(27,28)19-12-15(21)4-5-16(19)22/h3-6,11-12H,7-10,13H2,1-2H3,(H,23,26). The van der Waals surface area contributed by atoms with Gasteiger partial charge in [0.05, 0.1) is 19.3 Å². The summed E-state index contributed by atoms with van der Waals surface area (Å²) in [5.74, 6) is -1.53. The lowest BCUT2D eigenvalue weighted by Crippen LogP contribution is -2.50. The van der Waals surface area contributed by atoms with Crippen molar-refractivity contribution in [2.45, 2.75) is 11.8 Å². The lowest BCUT2D eigenvalue weighted by Gasteiger charge is -2.33. The number of aryl methyl sites for hydroxylation is 1. The summed E-state index contributed by atoms with van der Waals surface area (Å²) in [6.45, 7) is 2.68. The molecule has 1 amide bonds. The number of anilines is 1. The molecule has 1 aliphatic heterocycles. The van der Waals surface area contributed by atoms with Gasteiger partial charge in [-0.25, -0.2) is 17.2 Å². The van der Waals surface area contributed by atoms with Crippen molar-refractivity contribution in [3.05, 3.63) is 53.6 Å². The van der Waals surface area contributed by atoms with Gasteiger partial charge >= 0.3 is 0 Å². The maximum absolute atomic E-state index is 13.9. The Hall–Kier alpha value is -2.56. The molecule has 0 saturated carbocycles. The fourth-order valence-electron chi connectivity index (χ4n) is 3.25. The van der Waals surface area contributed by atoms with E-state index in [1.807, 2.05) is 13.0 Å². The second-order valence-corrected chi connectivity index (χ2v) is 8.91. The van der Waals surface area contributed by atoms with Gasteiger partial charge in [0.2, 0.25) is 15.9 Å². The van der Waals surface area contributed by atoms with Crippen LogP contribution in [0, 0.1) is 18.6 Å². The van der Waals surface area contributed by atoms with Crippen molar-refractivity contribution in [3.63, 3.8) is 0 Å². The van der Waals surface area contributed by atoms with Crippen LogP contribution in [0.2, 0.25) is 0 Å². The number of ether oxygens (including phenoxy) is 1. The number of piperazine rings is 1. The predicted molar refractivity (Wildman–Crippen MR) is 108 cm³/mol. The second-order valence-electron chi connectivity index (χ2n) is 7.01.